The van der Waals surface area contributed by atoms with Gasteiger partial charge in [0.15, 0.2) is 11.5 Å². The van der Waals surface area contributed by atoms with E-state index in [1.807, 2.05) is 11.8 Å². The maximum atomic E-state index is 13.0. The summed E-state index contributed by atoms with van der Waals surface area (Å²) in [7, 11) is 0. The van der Waals surface area contributed by atoms with Crippen LogP contribution in [0.2, 0.25) is 5.02 Å². The molecule has 6 nitrogen and oxygen atoms in total. The molecule has 0 saturated heterocycles. The Hall–Kier alpha value is -2.68. The second-order valence-electron chi connectivity index (χ2n) is 6.74. The minimum atomic E-state index is -4.45. The highest BCUT2D eigenvalue weighted by Gasteiger charge is 2.32. The van der Waals surface area contributed by atoms with Gasteiger partial charge in [-0.15, -0.1) is 5.10 Å². The Bertz CT molecular complexity index is 1160. The molecular formula is C18H15ClF3N5O. The quantitative estimate of drug-likeness (QED) is 0.617. The highest BCUT2D eigenvalue weighted by atomic mass is 35.5. The van der Waals surface area contributed by atoms with E-state index in [1.165, 1.54) is 0 Å². The van der Waals surface area contributed by atoms with E-state index in [0.717, 1.165) is 22.3 Å². The lowest BCUT2D eigenvalue weighted by Crippen LogP contribution is -2.34. The van der Waals surface area contributed by atoms with E-state index >= 15 is 0 Å². The van der Waals surface area contributed by atoms with E-state index in [-0.39, 0.29) is 11.6 Å². The van der Waals surface area contributed by atoms with Crippen LogP contribution in [0.3, 0.4) is 0 Å². The van der Waals surface area contributed by atoms with Crippen molar-refractivity contribution in [3.8, 4) is 0 Å². The van der Waals surface area contributed by atoms with Crippen molar-refractivity contribution in [2.45, 2.75) is 33.0 Å². The van der Waals surface area contributed by atoms with Gasteiger partial charge in [-0.2, -0.15) is 17.7 Å². The van der Waals surface area contributed by atoms with Crippen LogP contribution in [-0.4, -0.2) is 26.1 Å². The standard InChI is InChI=1S/C18H15ClF3N5O/c1-9-5-14-24-10(2)15(19)17(28)27(14)25-16(9)26-4-3-13-11(8-26)6-12(7-23-13)18(20,21)22/h5-7H,3-4,8H2,1-2H3. The second kappa shape index (κ2) is 6.44. The summed E-state index contributed by atoms with van der Waals surface area (Å²) in [6.45, 7) is 4.19. The molecule has 0 aliphatic carbocycles. The predicted octanol–water partition coefficient (Wildman–Crippen LogP) is 3.34. The van der Waals surface area contributed by atoms with Gasteiger partial charge in [-0.1, -0.05) is 11.6 Å². The molecule has 3 aromatic rings. The number of anilines is 1. The lowest BCUT2D eigenvalue weighted by Gasteiger charge is -2.30. The van der Waals surface area contributed by atoms with E-state index in [9.17, 15) is 18.0 Å². The molecule has 4 heterocycles. The molecule has 0 unspecified atom stereocenters. The molecular weight excluding hydrogens is 395 g/mol. The van der Waals surface area contributed by atoms with Crippen LogP contribution < -0.4 is 10.5 Å². The maximum Gasteiger partial charge on any atom is 0.417 e. The van der Waals surface area contributed by atoms with Crippen molar-refractivity contribution in [1.82, 2.24) is 19.6 Å². The van der Waals surface area contributed by atoms with Crippen molar-refractivity contribution < 1.29 is 13.2 Å². The van der Waals surface area contributed by atoms with Gasteiger partial charge in [0.2, 0.25) is 0 Å². The summed E-state index contributed by atoms with van der Waals surface area (Å²) in [5.41, 5.74) is 1.42. The van der Waals surface area contributed by atoms with Gasteiger partial charge in [0.25, 0.3) is 5.56 Å². The first-order valence-electron chi connectivity index (χ1n) is 8.52. The number of halogens is 4. The SMILES string of the molecule is Cc1cc2nc(C)c(Cl)c(=O)n2nc1N1CCc2ncc(C(F)(F)F)cc2C1. The molecule has 0 N–H and O–H groups in total. The van der Waals surface area contributed by atoms with Crippen LogP contribution in [0.5, 0.6) is 0 Å². The van der Waals surface area contributed by atoms with Crippen LogP contribution in [0, 0.1) is 13.8 Å². The van der Waals surface area contributed by atoms with Crippen molar-refractivity contribution >= 4 is 23.1 Å². The Morgan fingerprint density at radius 3 is 2.68 bits per heavy atom. The van der Waals surface area contributed by atoms with Crippen LogP contribution in [0.15, 0.2) is 23.1 Å². The Balaban J connectivity index is 1.77. The van der Waals surface area contributed by atoms with Crippen LogP contribution in [0.1, 0.15) is 28.1 Å². The summed E-state index contributed by atoms with van der Waals surface area (Å²) < 4.78 is 40.1. The number of hydrogen-bond donors (Lipinski definition) is 0. The fourth-order valence-corrected chi connectivity index (χ4v) is 3.44. The lowest BCUT2D eigenvalue weighted by molar-refractivity contribution is -0.137. The number of hydrogen-bond acceptors (Lipinski definition) is 5. The monoisotopic (exact) mass is 409 g/mol. The summed E-state index contributed by atoms with van der Waals surface area (Å²) in [4.78, 5) is 22.5. The van der Waals surface area contributed by atoms with Gasteiger partial charge in [-0.25, -0.2) is 4.98 Å². The average molecular weight is 410 g/mol. The van der Waals surface area contributed by atoms with Crippen molar-refractivity contribution in [2.75, 3.05) is 11.4 Å². The van der Waals surface area contributed by atoms with Gasteiger partial charge < -0.3 is 4.90 Å². The molecule has 1 aliphatic rings. The Morgan fingerprint density at radius 1 is 1.21 bits per heavy atom. The molecule has 0 amide bonds. The maximum absolute atomic E-state index is 13.0. The Morgan fingerprint density at radius 2 is 1.96 bits per heavy atom. The smallest absolute Gasteiger partial charge is 0.350 e. The van der Waals surface area contributed by atoms with Crippen LogP contribution >= 0.6 is 11.6 Å². The number of aryl methyl sites for hydroxylation is 2. The zero-order valence-electron chi connectivity index (χ0n) is 15.0. The third-order valence-corrected chi connectivity index (χ3v) is 5.19. The van der Waals surface area contributed by atoms with Crippen molar-refractivity contribution in [1.29, 1.82) is 0 Å². The second-order valence-corrected chi connectivity index (χ2v) is 7.11. The highest BCUT2D eigenvalue weighted by Crippen LogP contribution is 2.32. The Labute approximate surface area is 162 Å². The minimum Gasteiger partial charge on any atom is -0.350 e. The molecule has 0 bridgehead atoms. The number of aromatic nitrogens is 4. The van der Waals surface area contributed by atoms with E-state index in [4.69, 9.17) is 11.6 Å². The predicted molar refractivity (Wildman–Crippen MR) is 97.7 cm³/mol. The molecule has 3 aromatic heterocycles. The number of fused-ring (bicyclic) bond motifs is 2. The topological polar surface area (TPSA) is 63.4 Å². The first kappa shape index (κ1) is 18.7. The molecule has 0 radical (unpaired) electrons. The molecule has 0 aromatic carbocycles. The first-order valence-corrected chi connectivity index (χ1v) is 8.89. The number of alkyl halides is 3. The van der Waals surface area contributed by atoms with Crippen LogP contribution in [-0.2, 0) is 19.1 Å². The number of rotatable bonds is 1. The lowest BCUT2D eigenvalue weighted by atomic mass is 10.0. The molecule has 4 rings (SSSR count). The molecule has 0 spiro atoms. The molecule has 10 heteroatoms. The Kier molecular flexibility index (Phi) is 4.29. The third kappa shape index (κ3) is 3.09. The van der Waals surface area contributed by atoms with E-state index in [1.54, 1.807) is 13.0 Å². The fourth-order valence-electron chi connectivity index (χ4n) is 3.32. The number of nitrogens with zero attached hydrogens (tertiary/aromatic N) is 5. The van der Waals surface area contributed by atoms with E-state index in [0.29, 0.717) is 41.4 Å². The van der Waals surface area contributed by atoms with Crippen molar-refractivity contribution in [2.24, 2.45) is 0 Å². The van der Waals surface area contributed by atoms with Gasteiger partial charge in [-0.05, 0) is 37.1 Å². The van der Waals surface area contributed by atoms with Crippen LogP contribution in [0.4, 0.5) is 19.0 Å². The minimum absolute atomic E-state index is 0.0113. The summed E-state index contributed by atoms with van der Waals surface area (Å²) in [6, 6.07) is 2.84. The summed E-state index contributed by atoms with van der Waals surface area (Å²) in [5, 5.41) is 4.37. The molecule has 0 fully saturated rings. The summed E-state index contributed by atoms with van der Waals surface area (Å²) in [5.74, 6) is 0.499. The third-order valence-electron chi connectivity index (χ3n) is 4.76. The first-order chi connectivity index (χ1) is 13.1. The van der Waals surface area contributed by atoms with Gasteiger partial charge in [-0.3, -0.25) is 9.78 Å². The molecule has 28 heavy (non-hydrogen) atoms. The van der Waals surface area contributed by atoms with Crippen LogP contribution in [0.25, 0.3) is 5.65 Å². The molecule has 146 valence electrons. The normalized spacial score (nSPS) is 14.4. The van der Waals surface area contributed by atoms with Gasteiger partial charge in [0.05, 0.1) is 11.3 Å². The summed E-state index contributed by atoms with van der Waals surface area (Å²) in [6.07, 6.45) is -3.10. The zero-order chi connectivity index (χ0) is 20.2. The van der Waals surface area contributed by atoms with Gasteiger partial charge in [0, 0.05) is 31.4 Å². The van der Waals surface area contributed by atoms with Crippen molar-refractivity contribution in [3.63, 3.8) is 0 Å². The van der Waals surface area contributed by atoms with Gasteiger partial charge >= 0.3 is 6.18 Å². The molecule has 1 aliphatic heterocycles. The molecule has 0 saturated carbocycles. The number of pyridine rings is 1. The highest BCUT2D eigenvalue weighted by molar-refractivity contribution is 6.31. The molecule has 0 atom stereocenters. The van der Waals surface area contributed by atoms with Crippen molar-refractivity contribution in [3.05, 3.63) is 61.8 Å². The average Bonchev–Trinajstić information content (AvgIpc) is 2.64. The van der Waals surface area contributed by atoms with E-state index in [2.05, 4.69) is 15.1 Å². The van der Waals surface area contributed by atoms with E-state index < -0.39 is 17.3 Å². The summed E-state index contributed by atoms with van der Waals surface area (Å²) >= 11 is 6.00. The zero-order valence-corrected chi connectivity index (χ0v) is 15.8. The fraction of sp³-hybridized carbons (Fsp3) is 0.333. The van der Waals surface area contributed by atoms with Gasteiger partial charge in [0.1, 0.15) is 5.02 Å². The largest absolute Gasteiger partial charge is 0.417 e.